The number of pyridine rings is 1. The maximum atomic E-state index is 13.6. The Kier molecular flexibility index (Phi) is 7.21. The van der Waals surface area contributed by atoms with Gasteiger partial charge in [-0.3, -0.25) is 4.90 Å². The summed E-state index contributed by atoms with van der Waals surface area (Å²) in [5.74, 6) is 0.501. The van der Waals surface area contributed by atoms with E-state index in [-0.39, 0.29) is 16.8 Å². The number of piperazine rings is 1. The largest absolute Gasteiger partial charge is 0.481 e. The van der Waals surface area contributed by atoms with E-state index < -0.39 is 10.0 Å². The molecule has 200 valence electrons. The molecule has 0 amide bonds. The number of sulfonamides is 1. The third kappa shape index (κ3) is 5.03. The number of hydrogen-bond acceptors (Lipinski definition) is 6. The summed E-state index contributed by atoms with van der Waals surface area (Å²) in [6, 6.07) is 13.4. The fourth-order valence-electron chi connectivity index (χ4n) is 5.13. The summed E-state index contributed by atoms with van der Waals surface area (Å²) in [4.78, 5) is 6.63. The molecule has 2 aromatic carbocycles. The zero-order valence-electron chi connectivity index (χ0n) is 22.0. The van der Waals surface area contributed by atoms with Gasteiger partial charge < -0.3 is 4.74 Å². The van der Waals surface area contributed by atoms with Crippen molar-refractivity contribution in [2.45, 2.75) is 31.7 Å². The Morgan fingerprint density at radius 3 is 2.50 bits per heavy atom. The summed E-state index contributed by atoms with van der Waals surface area (Å²) in [6.07, 6.45) is 3.15. The quantitative estimate of drug-likeness (QED) is 0.343. The van der Waals surface area contributed by atoms with Gasteiger partial charge in [-0.15, -0.1) is 0 Å². The molecule has 1 atom stereocenters. The van der Waals surface area contributed by atoms with Gasteiger partial charge in [0.05, 0.1) is 30.7 Å². The van der Waals surface area contributed by atoms with Crippen LogP contribution in [0.5, 0.6) is 5.88 Å². The molecule has 1 fully saturated rings. The van der Waals surface area contributed by atoms with Crippen LogP contribution in [0.25, 0.3) is 16.6 Å². The minimum atomic E-state index is -3.73. The monoisotopic (exact) mass is 537 g/mol. The van der Waals surface area contributed by atoms with Gasteiger partial charge >= 0.3 is 0 Å². The molecule has 1 aliphatic heterocycles. The van der Waals surface area contributed by atoms with E-state index in [1.807, 2.05) is 6.92 Å². The van der Waals surface area contributed by atoms with Crippen molar-refractivity contribution in [3.8, 4) is 11.6 Å². The second kappa shape index (κ2) is 10.4. The van der Waals surface area contributed by atoms with E-state index in [0.29, 0.717) is 31.4 Å². The number of rotatable bonds is 7. The molecule has 8 nitrogen and oxygen atoms in total. The summed E-state index contributed by atoms with van der Waals surface area (Å²) >= 11 is 0. The predicted octanol–water partition coefficient (Wildman–Crippen LogP) is 4.58. The molecule has 4 aromatic rings. The van der Waals surface area contributed by atoms with Crippen LogP contribution in [-0.4, -0.2) is 65.7 Å². The first-order valence-electron chi connectivity index (χ1n) is 12.7. The lowest BCUT2D eigenvalue weighted by molar-refractivity contribution is 0.105. The second-order valence-electron chi connectivity index (χ2n) is 10.1. The molecule has 5 rings (SSSR count). The molecule has 0 unspecified atom stereocenters. The molecule has 0 radical (unpaired) electrons. The number of aryl methyl sites for hydroxylation is 1. The third-order valence-corrected chi connectivity index (χ3v) is 8.84. The van der Waals surface area contributed by atoms with Crippen LogP contribution in [0.4, 0.5) is 4.39 Å². The van der Waals surface area contributed by atoms with Crippen molar-refractivity contribution in [1.29, 1.82) is 0 Å². The Hall–Kier alpha value is -3.34. The van der Waals surface area contributed by atoms with Crippen molar-refractivity contribution in [3.63, 3.8) is 0 Å². The van der Waals surface area contributed by atoms with Crippen molar-refractivity contribution in [3.05, 3.63) is 77.9 Å². The first-order valence-corrected chi connectivity index (χ1v) is 14.1. The van der Waals surface area contributed by atoms with E-state index in [2.05, 4.69) is 41.0 Å². The Bertz CT molecular complexity index is 1540. The van der Waals surface area contributed by atoms with Crippen LogP contribution in [0, 0.1) is 18.7 Å². The summed E-state index contributed by atoms with van der Waals surface area (Å²) in [5.41, 5.74) is 3.81. The van der Waals surface area contributed by atoms with Crippen LogP contribution in [0.1, 0.15) is 31.0 Å². The number of methoxy groups -OCH3 is 1. The number of halogens is 1. The van der Waals surface area contributed by atoms with E-state index >= 15 is 0 Å². The predicted molar refractivity (Wildman–Crippen MR) is 144 cm³/mol. The van der Waals surface area contributed by atoms with Gasteiger partial charge in [0, 0.05) is 43.7 Å². The van der Waals surface area contributed by atoms with Gasteiger partial charge in [-0.05, 0) is 66.4 Å². The number of benzene rings is 2. The Morgan fingerprint density at radius 1 is 1.08 bits per heavy atom. The van der Waals surface area contributed by atoms with E-state index in [0.717, 1.165) is 34.3 Å². The van der Waals surface area contributed by atoms with E-state index in [9.17, 15) is 12.8 Å². The number of nitrogens with zero attached hydrogens (tertiary/aromatic N) is 5. The average Bonchev–Trinajstić information content (AvgIpc) is 3.31. The summed E-state index contributed by atoms with van der Waals surface area (Å²) in [6.45, 7) is 8.61. The highest BCUT2D eigenvalue weighted by Crippen LogP contribution is 2.34. The van der Waals surface area contributed by atoms with E-state index in [4.69, 9.17) is 4.74 Å². The van der Waals surface area contributed by atoms with Crippen molar-refractivity contribution in [2.75, 3.05) is 33.3 Å². The molecule has 0 N–H and O–H groups in total. The molecular formula is C28H32FN5O3S. The molecule has 2 aromatic heterocycles. The topological polar surface area (TPSA) is 80.6 Å². The fraction of sp³-hybridized carbons (Fsp3) is 0.357. The molecule has 10 heteroatoms. The van der Waals surface area contributed by atoms with Crippen molar-refractivity contribution in [1.82, 2.24) is 24.0 Å². The van der Waals surface area contributed by atoms with Gasteiger partial charge in [-0.25, -0.2) is 22.5 Å². The third-order valence-electron chi connectivity index (χ3n) is 7.00. The van der Waals surface area contributed by atoms with Gasteiger partial charge in [-0.2, -0.15) is 9.40 Å². The second-order valence-corrected chi connectivity index (χ2v) is 12.0. The maximum Gasteiger partial charge on any atom is 0.244 e. The average molecular weight is 538 g/mol. The van der Waals surface area contributed by atoms with Crippen molar-refractivity contribution >= 4 is 20.9 Å². The first-order chi connectivity index (χ1) is 18.2. The highest BCUT2D eigenvalue weighted by Gasteiger charge is 2.36. The smallest absolute Gasteiger partial charge is 0.244 e. The van der Waals surface area contributed by atoms with Crippen LogP contribution in [0.15, 0.2) is 65.8 Å². The van der Waals surface area contributed by atoms with Crippen molar-refractivity contribution < 1.29 is 17.5 Å². The van der Waals surface area contributed by atoms with Gasteiger partial charge in [0.15, 0.2) is 0 Å². The lowest BCUT2D eigenvalue weighted by Crippen LogP contribution is -2.51. The minimum absolute atomic E-state index is 0.120. The Morgan fingerprint density at radius 2 is 1.84 bits per heavy atom. The standard InChI is InChI=1S/C28H32FN5O3S/c1-19(2)17-32-11-12-33(38(35,36)24-9-10-28(37-4)30-16-24)18-27(32)25-14-21-15-31-34(26(21)13-20(25)3)23-7-5-22(29)6-8-23/h5-10,13-16,19,27H,11-12,17-18H2,1-4H3/t27-/m0/s1. The molecule has 1 saturated heterocycles. The highest BCUT2D eigenvalue weighted by atomic mass is 32.2. The molecule has 0 bridgehead atoms. The maximum absolute atomic E-state index is 13.6. The van der Waals surface area contributed by atoms with Crippen molar-refractivity contribution in [2.24, 2.45) is 5.92 Å². The molecule has 1 aliphatic rings. The molecule has 0 aliphatic carbocycles. The van der Waals surface area contributed by atoms with Crippen LogP contribution >= 0.6 is 0 Å². The number of fused-ring (bicyclic) bond motifs is 1. The minimum Gasteiger partial charge on any atom is -0.481 e. The number of hydrogen-bond donors (Lipinski definition) is 0. The summed E-state index contributed by atoms with van der Waals surface area (Å²) in [5, 5.41) is 5.50. The zero-order valence-corrected chi connectivity index (χ0v) is 22.8. The molecule has 0 spiro atoms. The number of aromatic nitrogens is 3. The van der Waals surface area contributed by atoms with E-state index in [1.54, 1.807) is 33.4 Å². The molecular weight excluding hydrogens is 505 g/mol. The van der Waals surface area contributed by atoms with Crippen LogP contribution in [0.3, 0.4) is 0 Å². The molecule has 38 heavy (non-hydrogen) atoms. The fourth-order valence-corrected chi connectivity index (χ4v) is 6.51. The first kappa shape index (κ1) is 26.3. The van der Waals surface area contributed by atoms with Gasteiger partial charge in [0.2, 0.25) is 15.9 Å². The summed E-state index contributed by atoms with van der Waals surface area (Å²) < 4.78 is 49.0. The van der Waals surface area contributed by atoms with Gasteiger partial charge in [0.25, 0.3) is 0 Å². The van der Waals surface area contributed by atoms with Crippen LogP contribution in [0.2, 0.25) is 0 Å². The Balaban J connectivity index is 1.51. The lowest BCUT2D eigenvalue weighted by Gasteiger charge is -2.42. The van der Waals surface area contributed by atoms with Crippen LogP contribution < -0.4 is 4.74 Å². The van der Waals surface area contributed by atoms with Gasteiger partial charge in [-0.1, -0.05) is 13.8 Å². The molecule has 3 heterocycles. The highest BCUT2D eigenvalue weighted by molar-refractivity contribution is 7.89. The normalized spacial score (nSPS) is 17.4. The SMILES string of the molecule is COc1ccc(S(=O)(=O)N2CCN(CC(C)C)[C@H](c3cc4cnn(-c5ccc(F)cc5)c4cc3C)C2)cn1. The Labute approximate surface area is 222 Å². The van der Waals surface area contributed by atoms with E-state index in [1.165, 1.54) is 31.5 Å². The van der Waals surface area contributed by atoms with Gasteiger partial charge in [0.1, 0.15) is 10.7 Å². The van der Waals surface area contributed by atoms with Crippen LogP contribution in [-0.2, 0) is 10.0 Å². The number of ether oxygens (including phenoxy) is 1. The molecule has 0 saturated carbocycles. The summed E-state index contributed by atoms with van der Waals surface area (Å²) in [7, 11) is -2.23. The lowest BCUT2D eigenvalue weighted by atomic mass is 9.96. The zero-order chi connectivity index (χ0) is 27.0.